The van der Waals surface area contributed by atoms with E-state index in [9.17, 15) is 31.1 Å². The number of rotatable bonds is 2. The fourth-order valence-electron chi connectivity index (χ4n) is 2.06. The van der Waals surface area contributed by atoms with Crippen LogP contribution in [0.25, 0.3) is 0 Å². The van der Waals surface area contributed by atoms with Crippen molar-refractivity contribution in [1.82, 2.24) is 0 Å². The maximum Gasteiger partial charge on any atom is 0.418 e. The molecule has 0 saturated heterocycles. The molecule has 0 aliphatic rings. The molecule has 24 heavy (non-hydrogen) atoms. The maximum absolute atomic E-state index is 12.8. The van der Waals surface area contributed by atoms with Gasteiger partial charge < -0.3 is 11.5 Å². The SMILES string of the molecule is Nc1cc(C(=O)c2ccc(N)c(C(F)(F)F)c2)cc(C(F)(F)F)c1. The highest BCUT2D eigenvalue weighted by molar-refractivity contribution is 6.09. The van der Waals surface area contributed by atoms with E-state index in [0.29, 0.717) is 18.2 Å². The number of nitrogen functional groups attached to an aromatic ring is 2. The van der Waals surface area contributed by atoms with Crippen LogP contribution in [0.2, 0.25) is 0 Å². The number of hydrogen-bond donors (Lipinski definition) is 2. The number of hydrogen-bond acceptors (Lipinski definition) is 3. The lowest BCUT2D eigenvalue weighted by atomic mass is 9.98. The third-order valence-corrected chi connectivity index (χ3v) is 3.17. The van der Waals surface area contributed by atoms with Crippen LogP contribution in [0.4, 0.5) is 37.7 Å². The molecule has 2 rings (SSSR count). The van der Waals surface area contributed by atoms with Gasteiger partial charge in [-0.05, 0) is 36.4 Å². The van der Waals surface area contributed by atoms with Gasteiger partial charge in [-0.3, -0.25) is 4.79 Å². The molecule has 0 spiro atoms. The van der Waals surface area contributed by atoms with Gasteiger partial charge in [0.1, 0.15) is 0 Å². The van der Waals surface area contributed by atoms with Crippen LogP contribution >= 0.6 is 0 Å². The van der Waals surface area contributed by atoms with Gasteiger partial charge in [0, 0.05) is 22.5 Å². The van der Waals surface area contributed by atoms with E-state index in [0.717, 1.165) is 18.2 Å². The van der Waals surface area contributed by atoms with Crippen LogP contribution < -0.4 is 11.5 Å². The van der Waals surface area contributed by atoms with Crippen molar-refractivity contribution in [3.63, 3.8) is 0 Å². The van der Waals surface area contributed by atoms with Crippen molar-refractivity contribution in [3.8, 4) is 0 Å². The number of carbonyl (C=O) groups is 1. The first-order valence-electron chi connectivity index (χ1n) is 6.39. The van der Waals surface area contributed by atoms with E-state index in [1.807, 2.05) is 0 Å². The molecular formula is C15H10F6N2O. The number of nitrogens with two attached hydrogens (primary N) is 2. The van der Waals surface area contributed by atoms with E-state index in [1.165, 1.54) is 0 Å². The van der Waals surface area contributed by atoms with Crippen LogP contribution in [-0.4, -0.2) is 5.78 Å². The van der Waals surface area contributed by atoms with E-state index in [2.05, 4.69) is 0 Å². The first-order chi connectivity index (χ1) is 10.9. The van der Waals surface area contributed by atoms with E-state index in [-0.39, 0.29) is 5.69 Å². The van der Waals surface area contributed by atoms with E-state index < -0.39 is 46.1 Å². The highest BCUT2D eigenvalue weighted by Crippen LogP contribution is 2.35. The minimum absolute atomic E-state index is 0.334. The van der Waals surface area contributed by atoms with E-state index >= 15 is 0 Å². The standard InChI is InChI=1S/C15H10F6N2O/c16-14(17,18)9-3-8(4-10(22)6-9)13(24)7-1-2-12(23)11(5-7)15(19,20)21/h1-6H,22-23H2. The van der Waals surface area contributed by atoms with Gasteiger partial charge in [0.05, 0.1) is 11.1 Å². The van der Waals surface area contributed by atoms with Crippen LogP contribution in [0.3, 0.4) is 0 Å². The summed E-state index contributed by atoms with van der Waals surface area (Å²) in [6, 6.07) is 4.48. The van der Waals surface area contributed by atoms with Gasteiger partial charge in [0.2, 0.25) is 0 Å². The number of ketones is 1. The Labute approximate surface area is 131 Å². The molecule has 0 saturated carbocycles. The van der Waals surface area contributed by atoms with Gasteiger partial charge >= 0.3 is 12.4 Å². The summed E-state index contributed by atoms with van der Waals surface area (Å²) in [6.07, 6.45) is -9.55. The van der Waals surface area contributed by atoms with Gasteiger partial charge in [-0.25, -0.2) is 0 Å². The summed E-state index contributed by atoms with van der Waals surface area (Å²) in [5, 5.41) is 0. The average molecular weight is 348 g/mol. The number of benzene rings is 2. The largest absolute Gasteiger partial charge is 0.418 e. The van der Waals surface area contributed by atoms with Gasteiger partial charge in [0.15, 0.2) is 5.78 Å². The molecule has 0 atom stereocenters. The van der Waals surface area contributed by atoms with Crippen molar-refractivity contribution >= 4 is 17.2 Å². The van der Waals surface area contributed by atoms with Gasteiger partial charge in [0.25, 0.3) is 0 Å². The molecule has 0 unspecified atom stereocenters. The molecule has 2 aromatic carbocycles. The summed E-state index contributed by atoms with van der Waals surface area (Å²) in [4.78, 5) is 12.2. The molecular weight excluding hydrogens is 338 g/mol. The van der Waals surface area contributed by atoms with Crippen molar-refractivity contribution in [3.05, 3.63) is 58.7 Å². The minimum atomic E-state index is -4.80. The van der Waals surface area contributed by atoms with Crippen LogP contribution in [0.15, 0.2) is 36.4 Å². The Morgan fingerprint density at radius 1 is 0.792 bits per heavy atom. The Bertz CT molecular complexity index is 796. The molecule has 3 nitrogen and oxygen atoms in total. The number of halogens is 6. The molecule has 9 heteroatoms. The molecule has 0 aliphatic heterocycles. The van der Waals surface area contributed by atoms with E-state index in [4.69, 9.17) is 11.5 Å². The molecule has 128 valence electrons. The number of carbonyl (C=O) groups excluding carboxylic acids is 1. The zero-order chi connectivity index (χ0) is 18.3. The number of anilines is 2. The van der Waals surface area contributed by atoms with Crippen LogP contribution in [-0.2, 0) is 12.4 Å². The van der Waals surface area contributed by atoms with E-state index in [1.54, 1.807) is 0 Å². The maximum atomic E-state index is 12.8. The molecule has 0 fully saturated rings. The second kappa shape index (κ2) is 5.73. The fourth-order valence-corrected chi connectivity index (χ4v) is 2.06. The van der Waals surface area contributed by atoms with Crippen molar-refractivity contribution < 1.29 is 31.1 Å². The van der Waals surface area contributed by atoms with Gasteiger partial charge in [-0.1, -0.05) is 0 Å². The van der Waals surface area contributed by atoms with Crippen molar-refractivity contribution in [2.45, 2.75) is 12.4 Å². The molecule has 0 bridgehead atoms. The topological polar surface area (TPSA) is 69.1 Å². The molecule has 0 amide bonds. The summed E-state index contributed by atoms with van der Waals surface area (Å²) in [7, 11) is 0. The third kappa shape index (κ3) is 3.61. The highest BCUT2D eigenvalue weighted by atomic mass is 19.4. The third-order valence-electron chi connectivity index (χ3n) is 3.17. The van der Waals surface area contributed by atoms with Crippen LogP contribution in [0, 0.1) is 0 Å². The monoisotopic (exact) mass is 348 g/mol. The summed E-state index contributed by atoms with van der Waals surface area (Å²) >= 11 is 0. The summed E-state index contributed by atoms with van der Waals surface area (Å²) in [5.74, 6) is -1.03. The fraction of sp³-hybridized carbons (Fsp3) is 0.133. The molecule has 4 N–H and O–H groups in total. The van der Waals surface area contributed by atoms with Crippen molar-refractivity contribution in [1.29, 1.82) is 0 Å². The Balaban J connectivity index is 2.52. The van der Waals surface area contributed by atoms with Crippen molar-refractivity contribution in [2.24, 2.45) is 0 Å². The summed E-state index contributed by atoms with van der Waals surface area (Å²) in [6.45, 7) is 0. The normalized spacial score (nSPS) is 12.2. The quantitative estimate of drug-likeness (QED) is 0.487. The molecule has 2 aromatic rings. The Morgan fingerprint density at radius 3 is 1.96 bits per heavy atom. The Hall–Kier alpha value is -2.71. The second-order valence-electron chi connectivity index (χ2n) is 4.97. The predicted octanol–water partition coefficient (Wildman–Crippen LogP) is 4.12. The van der Waals surface area contributed by atoms with Crippen molar-refractivity contribution in [2.75, 3.05) is 11.5 Å². The predicted molar refractivity (Wildman–Crippen MR) is 75.1 cm³/mol. The lowest BCUT2D eigenvalue weighted by Crippen LogP contribution is -2.13. The number of alkyl halides is 6. The first-order valence-corrected chi connectivity index (χ1v) is 6.39. The lowest BCUT2D eigenvalue weighted by molar-refractivity contribution is -0.138. The Kier molecular flexibility index (Phi) is 4.21. The zero-order valence-electron chi connectivity index (χ0n) is 11.8. The van der Waals surface area contributed by atoms with Gasteiger partial charge in [-0.2, -0.15) is 26.3 Å². The first kappa shape index (κ1) is 17.6. The molecule has 0 radical (unpaired) electrons. The average Bonchev–Trinajstić information content (AvgIpc) is 2.44. The summed E-state index contributed by atoms with van der Waals surface area (Å²) < 4.78 is 76.7. The zero-order valence-corrected chi connectivity index (χ0v) is 11.8. The van der Waals surface area contributed by atoms with Crippen LogP contribution in [0.1, 0.15) is 27.0 Å². The lowest BCUT2D eigenvalue weighted by Gasteiger charge is -2.13. The Morgan fingerprint density at radius 2 is 1.42 bits per heavy atom. The van der Waals surface area contributed by atoms with Gasteiger partial charge in [-0.15, -0.1) is 0 Å². The smallest absolute Gasteiger partial charge is 0.399 e. The molecule has 0 aliphatic carbocycles. The second-order valence-corrected chi connectivity index (χ2v) is 4.97. The van der Waals surface area contributed by atoms with Crippen LogP contribution in [0.5, 0.6) is 0 Å². The highest BCUT2D eigenvalue weighted by Gasteiger charge is 2.34. The minimum Gasteiger partial charge on any atom is -0.399 e. The molecule has 0 aromatic heterocycles. The summed E-state index contributed by atoms with van der Waals surface area (Å²) in [5.41, 5.74) is 6.30. The molecule has 0 heterocycles.